The van der Waals surface area contributed by atoms with E-state index in [-0.39, 0.29) is 17.8 Å². The van der Waals surface area contributed by atoms with Crippen LogP contribution in [0.4, 0.5) is 9.18 Å². The highest BCUT2D eigenvalue weighted by Gasteiger charge is 2.43. The summed E-state index contributed by atoms with van der Waals surface area (Å²) in [7, 11) is 0. The number of imide groups is 1. The summed E-state index contributed by atoms with van der Waals surface area (Å²) in [6, 6.07) is 4.23. The van der Waals surface area contributed by atoms with Gasteiger partial charge in [0.2, 0.25) is 0 Å². The van der Waals surface area contributed by atoms with Gasteiger partial charge in [-0.1, -0.05) is 22.0 Å². The molecule has 21 heavy (non-hydrogen) atoms. The Morgan fingerprint density at radius 1 is 1.38 bits per heavy atom. The highest BCUT2D eigenvalue weighted by atomic mass is 79.9. The van der Waals surface area contributed by atoms with Crippen molar-refractivity contribution in [2.45, 2.75) is 25.1 Å². The SMILES string of the molecule is CC1(C)NC(=O)N(CCSCc2ccc(F)cc2Br)C1=O. The monoisotopic (exact) mass is 374 g/mol. The minimum Gasteiger partial charge on any atom is -0.324 e. The van der Waals surface area contributed by atoms with Crippen molar-refractivity contribution in [3.05, 3.63) is 34.1 Å². The van der Waals surface area contributed by atoms with Gasteiger partial charge in [0.1, 0.15) is 11.4 Å². The van der Waals surface area contributed by atoms with Gasteiger partial charge in [0.25, 0.3) is 5.91 Å². The zero-order valence-electron chi connectivity index (χ0n) is 11.8. The molecule has 114 valence electrons. The van der Waals surface area contributed by atoms with Gasteiger partial charge in [-0.2, -0.15) is 11.8 Å². The number of benzene rings is 1. The molecule has 3 amide bonds. The summed E-state index contributed by atoms with van der Waals surface area (Å²) in [4.78, 5) is 24.9. The summed E-state index contributed by atoms with van der Waals surface area (Å²) >= 11 is 4.91. The zero-order chi connectivity index (χ0) is 15.6. The Morgan fingerprint density at radius 3 is 2.67 bits per heavy atom. The molecule has 0 aliphatic carbocycles. The molecule has 0 aromatic heterocycles. The van der Waals surface area contributed by atoms with Gasteiger partial charge in [0.05, 0.1) is 0 Å². The normalized spacial score (nSPS) is 17.2. The van der Waals surface area contributed by atoms with Crippen molar-refractivity contribution in [3.8, 4) is 0 Å². The number of urea groups is 1. The standard InChI is InChI=1S/C14H16BrFN2O2S/c1-14(2)12(19)18(13(20)17-14)5-6-21-8-9-3-4-10(16)7-11(9)15/h3-4,7H,5-6,8H2,1-2H3,(H,17,20). The fraction of sp³-hybridized carbons (Fsp3) is 0.429. The zero-order valence-corrected chi connectivity index (χ0v) is 14.2. The van der Waals surface area contributed by atoms with Crippen LogP contribution in [-0.4, -0.2) is 34.7 Å². The first-order valence-electron chi connectivity index (χ1n) is 6.47. The number of halogens is 2. The van der Waals surface area contributed by atoms with E-state index in [1.807, 2.05) is 0 Å². The van der Waals surface area contributed by atoms with Crippen LogP contribution in [0.2, 0.25) is 0 Å². The summed E-state index contributed by atoms with van der Waals surface area (Å²) in [5.74, 6) is 0.848. The molecule has 2 rings (SSSR count). The lowest BCUT2D eigenvalue weighted by Crippen LogP contribution is -2.40. The number of rotatable bonds is 5. The second kappa shape index (κ2) is 6.36. The number of thioether (sulfide) groups is 1. The van der Waals surface area contributed by atoms with Crippen molar-refractivity contribution >= 4 is 39.6 Å². The van der Waals surface area contributed by atoms with Crippen LogP contribution in [-0.2, 0) is 10.5 Å². The van der Waals surface area contributed by atoms with Crippen LogP contribution in [0.15, 0.2) is 22.7 Å². The third-order valence-electron chi connectivity index (χ3n) is 3.18. The Hall–Kier alpha value is -1.08. The van der Waals surface area contributed by atoms with E-state index in [4.69, 9.17) is 0 Å². The van der Waals surface area contributed by atoms with Crippen molar-refractivity contribution in [3.63, 3.8) is 0 Å². The minimum absolute atomic E-state index is 0.198. The molecule has 0 spiro atoms. The van der Waals surface area contributed by atoms with E-state index < -0.39 is 5.54 Å². The molecule has 4 nitrogen and oxygen atoms in total. The molecule has 0 atom stereocenters. The maximum atomic E-state index is 13.0. The maximum Gasteiger partial charge on any atom is 0.325 e. The van der Waals surface area contributed by atoms with Gasteiger partial charge in [-0.05, 0) is 31.5 Å². The fourth-order valence-electron chi connectivity index (χ4n) is 2.00. The van der Waals surface area contributed by atoms with Gasteiger partial charge in [-0.3, -0.25) is 9.69 Å². The largest absolute Gasteiger partial charge is 0.325 e. The molecule has 0 saturated carbocycles. The van der Waals surface area contributed by atoms with Crippen LogP contribution in [0.25, 0.3) is 0 Å². The van der Waals surface area contributed by atoms with E-state index in [0.717, 1.165) is 10.0 Å². The smallest absolute Gasteiger partial charge is 0.324 e. The lowest BCUT2D eigenvalue weighted by molar-refractivity contribution is -0.130. The van der Waals surface area contributed by atoms with Crippen molar-refractivity contribution < 1.29 is 14.0 Å². The molecule has 1 aliphatic heterocycles. The molecular weight excluding hydrogens is 359 g/mol. The lowest BCUT2D eigenvalue weighted by Gasteiger charge is -2.15. The highest BCUT2D eigenvalue weighted by molar-refractivity contribution is 9.10. The molecule has 0 bridgehead atoms. The van der Waals surface area contributed by atoms with Gasteiger partial charge < -0.3 is 5.32 Å². The third kappa shape index (κ3) is 3.77. The second-order valence-electron chi connectivity index (χ2n) is 5.30. The Morgan fingerprint density at radius 2 is 2.10 bits per heavy atom. The Balaban J connectivity index is 1.83. The van der Waals surface area contributed by atoms with E-state index in [1.54, 1.807) is 31.7 Å². The van der Waals surface area contributed by atoms with Crippen LogP contribution in [0.3, 0.4) is 0 Å². The molecule has 0 unspecified atom stereocenters. The van der Waals surface area contributed by atoms with Gasteiger partial charge in [0.15, 0.2) is 0 Å². The van der Waals surface area contributed by atoms with Crippen LogP contribution in [0, 0.1) is 5.82 Å². The van der Waals surface area contributed by atoms with Crippen LogP contribution in [0.1, 0.15) is 19.4 Å². The fourth-order valence-corrected chi connectivity index (χ4v) is 3.60. The molecule has 1 aliphatic rings. The maximum absolute atomic E-state index is 13.0. The Kier molecular flexibility index (Phi) is 4.93. The number of amides is 3. The summed E-state index contributed by atoms with van der Waals surface area (Å²) in [5, 5.41) is 2.65. The van der Waals surface area contributed by atoms with Crippen molar-refractivity contribution in [2.24, 2.45) is 0 Å². The predicted octanol–water partition coefficient (Wildman–Crippen LogP) is 3.15. The summed E-state index contributed by atoms with van der Waals surface area (Å²) < 4.78 is 13.7. The molecule has 7 heteroatoms. The molecule has 1 N–H and O–H groups in total. The van der Waals surface area contributed by atoms with Crippen molar-refractivity contribution in [1.82, 2.24) is 10.2 Å². The molecule has 1 aromatic rings. The number of hydrogen-bond donors (Lipinski definition) is 1. The second-order valence-corrected chi connectivity index (χ2v) is 7.26. The lowest BCUT2D eigenvalue weighted by atomic mass is 10.1. The van der Waals surface area contributed by atoms with Crippen LogP contribution in [0.5, 0.6) is 0 Å². The van der Waals surface area contributed by atoms with Crippen molar-refractivity contribution in [1.29, 1.82) is 0 Å². The van der Waals surface area contributed by atoms with Crippen LogP contribution < -0.4 is 5.32 Å². The Bertz CT molecular complexity index is 580. The van der Waals surface area contributed by atoms with E-state index in [1.165, 1.54) is 17.0 Å². The molecule has 1 aromatic carbocycles. The van der Waals surface area contributed by atoms with E-state index >= 15 is 0 Å². The molecular formula is C14H16BrFN2O2S. The topological polar surface area (TPSA) is 49.4 Å². The summed E-state index contributed by atoms with van der Waals surface area (Å²) in [5.41, 5.74) is 0.167. The van der Waals surface area contributed by atoms with Gasteiger partial charge in [-0.25, -0.2) is 9.18 Å². The van der Waals surface area contributed by atoms with E-state index in [2.05, 4.69) is 21.2 Å². The third-order valence-corrected chi connectivity index (χ3v) is 4.90. The van der Waals surface area contributed by atoms with Gasteiger partial charge in [0, 0.05) is 22.5 Å². The summed E-state index contributed by atoms with van der Waals surface area (Å²) in [6.07, 6.45) is 0. The van der Waals surface area contributed by atoms with Gasteiger partial charge in [-0.15, -0.1) is 0 Å². The highest BCUT2D eigenvalue weighted by Crippen LogP contribution is 2.23. The van der Waals surface area contributed by atoms with Gasteiger partial charge >= 0.3 is 6.03 Å². The first-order valence-corrected chi connectivity index (χ1v) is 8.42. The molecule has 1 fully saturated rings. The van der Waals surface area contributed by atoms with Crippen molar-refractivity contribution in [2.75, 3.05) is 12.3 Å². The first-order chi connectivity index (χ1) is 9.81. The summed E-state index contributed by atoms with van der Waals surface area (Å²) in [6.45, 7) is 3.75. The Labute approximate surface area is 135 Å². The number of nitrogens with zero attached hydrogens (tertiary/aromatic N) is 1. The quantitative estimate of drug-likeness (QED) is 0.636. The average molecular weight is 375 g/mol. The van der Waals surface area contributed by atoms with Crippen LogP contribution >= 0.6 is 27.7 Å². The first kappa shape index (κ1) is 16.3. The number of carbonyl (C=O) groups excluding carboxylic acids is 2. The minimum atomic E-state index is -0.818. The van der Waals surface area contributed by atoms with E-state index in [0.29, 0.717) is 18.1 Å². The number of hydrogen-bond acceptors (Lipinski definition) is 3. The molecule has 1 heterocycles. The number of carbonyl (C=O) groups is 2. The molecule has 0 radical (unpaired) electrons. The number of nitrogens with one attached hydrogen (secondary N) is 1. The predicted molar refractivity (Wildman–Crippen MR) is 84.6 cm³/mol. The average Bonchev–Trinajstić information content (AvgIpc) is 2.58. The molecule has 1 saturated heterocycles. The van der Waals surface area contributed by atoms with E-state index in [9.17, 15) is 14.0 Å².